The Morgan fingerprint density at radius 1 is 1.00 bits per heavy atom. The van der Waals surface area contributed by atoms with E-state index in [4.69, 9.17) is 0 Å². The van der Waals surface area contributed by atoms with E-state index in [2.05, 4.69) is 11.7 Å². The molecular formula is C22H25F5O. The molecule has 0 amide bonds. The van der Waals surface area contributed by atoms with Gasteiger partial charge in [0.2, 0.25) is 5.75 Å². The van der Waals surface area contributed by atoms with Gasteiger partial charge in [-0.2, -0.15) is 0 Å². The average Bonchev–Trinajstić information content (AvgIpc) is 2.65. The van der Waals surface area contributed by atoms with Crippen LogP contribution in [0, 0.1) is 17.6 Å². The van der Waals surface area contributed by atoms with E-state index in [-0.39, 0.29) is 10.8 Å². The molecular weight excluding hydrogens is 375 g/mol. The second kappa shape index (κ2) is 8.66. The summed E-state index contributed by atoms with van der Waals surface area (Å²) in [5, 5.41) is 0.185. The molecule has 1 fully saturated rings. The molecule has 0 N–H and O–H groups in total. The molecule has 0 aliphatic heterocycles. The maximum absolute atomic E-state index is 14.4. The zero-order valence-corrected chi connectivity index (χ0v) is 15.9. The van der Waals surface area contributed by atoms with Crippen molar-refractivity contribution in [1.29, 1.82) is 0 Å². The molecule has 1 aliphatic carbocycles. The molecule has 0 heterocycles. The Labute approximate surface area is 161 Å². The molecule has 154 valence electrons. The predicted octanol–water partition coefficient (Wildman–Crippen LogP) is 7.87. The molecule has 0 aromatic heterocycles. The molecule has 0 bridgehead atoms. The van der Waals surface area contributed by atoms with Crippen LogP contribution < -0.4 is 4.74 Å². The van der Waals surface area contributed by atoms with Crippen molar-refractivity contribution in [3.63, 3.8) is 0 Å². The quantitative estimate of drug-likeness (QED) is 0.354. The molecule has 0 spiro atoms. The Kier molecular flexibility index (Phi) is 6.46. The highest BCUT2D eigenvalue weighted by Gasteiger charge is 2.34. The smallest absolute Gasteiger partial charge is 0.399 e. The SMILES string of the molecule is CCCCCC1CCC(c2ccc3c(F)c(OC(F)(F)F)c(F)cc3c2)CC1. The Morgan fingerprint density at radius 2 is 1.71 bits per heavy atom. The molecule has 6 heteroatoms. The van der Waals surface area contributed by atoms with Crippen molar-refractivity contribution in [2.45, 2.75) is 70.6 Å². The molecule has 1 nitrogen and oxygen atoms in total. The van der Waals surface area contributed by atoms with Gasteiger partial charge in [-0.1, -0.05) is 50.8 Å². The van der Waals surface area contributed by atoms with Crippen LogP contribution >= 0.6 is 0 Å². The van der Waals surface area contributed by atoms with Gasteiger partial charge in [-0.25, -0.2) is 8.78 Å². The van der Waals surface area contributed by atoms with Crippen LogP contribution in [0.3, 0.4) is 0 Å². The number of hydrogen-bond acceptors (Lipinski definition) is 1. The van der Waals surface area contributed by atoms with E-state index in [0.717, 1.165) is 43.2 Å². The average molecular weight is 400 g/mol. The van der Waals surface area contributed by atoms with Crippen molar-refractivity contribution in [2.75, 3.05) is 0 Å². The Bertz CT molecular complexity index is 807. The monoisotopic (exact) mass is 400 g/mol. The first-order chi connectivity index (χ1) is 13.3. The van der Waals surface area contributed by atoms with E-state index in [1.54, 1.807) is 12.1 Å². The highest BCUT2D eigenvalue weighted by molar-refractivity contribution is 5.85. The highest BCUT2D eigenvalue weighted by atomic mass is 19.4. The molecule has 0 atom stereocenters. The number of fused-ring (bicyclic) bond motifs is 1. The number of benzene rings is 2. The van der Waals surface area contributed by atoms with Crippen LogP contribution in [0.1, 0.15) is 69.8 Å². The lowest BCUT2D eigenvalue weighted by atomic mass is 9.77. The number of hydrogen-bond donors (Lipinski definition) is 0. The maximum Gasteiger partial charge on any atom is 0.573 e. The first kappa shape index (κ1) is 20.9. The summed E-state index contributed by atoms with van der Waals surface area (Å²) in [7, 11) is 0. The van der Waals surface area contributed by atoms with Crippen LogP contribution in [0.2, 0.25) is 0 Å². The van der Waals surface area contributed by atoms with Crippen molar-refractivity contribution >= 4 is 10.8 Å². The summed E-state index contributed by atoms with van der Waals surface area (Å²) in [6.45, 7) is 2.19. The molecule has 1 aliphatic rings. The fraction of sp³-hybridized carbons (Fsp3) is 0.545. The van der Waals surface area contributed by atoms with Gasteiger partial charge in [0.15, 0.2) is 11.6 Å². The Morgan fingerprint density at radius 3 is 2.36 bits per heavy atom. The second-order valence-corrected chi connectivity index (χ2v) is 7.74. The normalized spacial score (nSPS) is 20.5. The summed E-state index contributed by atoms with van der Waals surface area (Å²) >= 11 is 0. The summed E-state index contributed by atoms with van der Waals surface area (Å²) in [6, 6.07) is 5.78. The third-order valence-electron chi connectivity index (χ3n) is 5.76. The fourth-order valence-corrected chi connectivity index (χ4v) is 4.26. The van der Waals surface area contributed by atoms with Crippen molar-refractivity contribution in [3.8, 4) is 5.75 Å². The summed E-state index contributed by atoms with van der Waals surface area (Å²) in [6.07, 6.45) is 4.22. The third kappa shape index (κ3) is 4.95. The van der Waals surface area contributed by atoms with Gasteiger partial charge in [0.25, 0.3) is 0 Å². The standard InChI is InChI=1S/C22H25F5O/c1-2-3-4-5-14-6-8-15(9-7-14)16-10-11-18-17(12-16)13-19(23)21(20(18)24)28-22(25,26)27/h10-15H,2-9H2,1H3. The second-order valence-electron chi connectivity index (χ2n) is 7.74. The summed E-state index contributed by atoms with van der Waals surface area (Å²) in [4.78, 5) is 0. The van der Waals surface area contributed by atoms with E-state index in [1.165, 1.54) is 31.7 Å². The Balaban J connectivity index is 1.75. The maximum atomic E-state index is 14.4. The minimum Gasteiger partial charge on any atom is -0.399 e. The molecule has 1 saturated carbocycles. The van der Waals surface area contributed by atoms with E-state index >= 15 is 0 Å². The van der Waals surface area contributed by atoms with Crippen molar-refractivity contribution in [1.82, 2.24) is 0 Å². The van der Waals surface area contributed by atoms with Gasteiger partial charge in [-0.3, -0.25) is 0 Å². The van der Waals surface area contributed by atoms with Crippen LogP contribution in [-0.4, -0.2) is 6.36 Å². The molecule has 0 saturated heterocycles. The molecule has 0 unspecified atom stereocenters. The topological polar surface area (TPSA) is 9.23 Å². The van der Waals surface area contributed by atoms with Crippen LogP contribution in [0.15, 0.2) is 24.3 Å². The molecule has 28 heavy (non-hydrogen) atoms. The third-order valence-corrected chi connectivity index (χ3v) is 5.76. The first-order valence-electron chi connectivity index (χ1n) is 9.96. The summed E-state index contributed by atoms with van der Waals surface area (Å²) < 4.78 is 69.1. The lowest BCUT2D eigenvalue weighted by molar-refractivity contribution is -0.276. The number of halogens is 5. The van der Waals surface area contributed by atoms with E-state index < -0.39 is 23.7 Å². The number of rotatable bonds is 6. The van der Waals surface area contributed by atoms with Crippen molar-refractivity contribution in [3.05, 3.63) is 41.5 Å². The van der Waals surface area contributed by atoms with Gasteiger partial charge in [0.05, 0.1) is 0 Å². The van der Waals surface area contributed by atoms with Crippen LogP contribution in [0.25, 0.3) is 10.8 Å². The van der Waals surface area contributed by atoms with Crippen molar-refractivity contribution in [2.24, 2.45) is 5.92 Å². The fourth-order valence-electron chi connectivity index (χ4n) is 4.26. The van der Waals surface area contributed by atoms with Gasteiger partial charge >= 0.3 is 6.36 Å². The van der Waals surface area contributed by atoms with Gasteiger partial charge in [0.1, 0.15) is 0 Å². The summed E-state index contributed by atoms with van der Waals surface area (Å²) in [5.74, 6) is -3.00. The van der Waals surface area contributed by atoms with Gasteiger partial charge in [-0.15, -0.1) is 13.2 Å². The lowest BCUT2D eigenvalue weighted by Gasteiger charge is -2.29. The Hall–Kier alpha value is -1.85. The van der Waals surface area contributed by atoms with E-state index in [1.807, 2.05) is 0 Å². The number of unbranched alkanes of at least 4 members (excludes halogenated alkanes) is 2. The van der Waals surface area contributed by atoms with E-state index in [9.17, 15) is 22.0 Å². The van der Waals surface area contributed by atoms with Gasteiger partial charge in [0, 0.05) is 5.39 Å². The lowest BCUT2D eigenvalue weighted by Crippen LogP contribution is -2.19. The molecule has 3 rings (SSSR count). The molecule has 0 radical (unpaired) electrons. The van der Waals surface area contributed by atoms with Crippen LogP contribution in [0.4, 0.5) is 22.0 Å². The number of alkyl halides is 3. The predicted molar refractivity (Wildman–Crippen MR) is 99.4 cm³/mol. The molecule has 2 aromatic carbocycles. The largest absolute Gasteiger partial charge is 0.573 e. The summed E-state index contributed by atoms with van der Waals surface area (Å²) in [5.41, 5.74) is 0.989. The van der Waals surface area contributed by atoms with Gasteiger partial charge in [-0.05, 0) is 54.5 Å². The minimum atomic E-state index is -5.15. The zero-order valence-electron chi connectivity index (χ0n) is 15.9. The minimum absolute atomic E-state index is 0.0716. The zero-order chi connectivity index (χ0) is 20.3. The van der Waals surface area contributed by atoms with Crippen LogP contribution in [0.5, 0.6) is 5.75 Å². The first-order valence-corrected chi connectivity index (χ1v) is 9.96. The number of ether oxygens (including phenoxy) is 1. The van der Waals surface area contributed by atoms with Crippen LogP contribution in [-0.2, 0) is 0 Å². The molecule has 2 aromatic rings. The van der Waals surface area contributed by atoms with Crippen molar-refractivity contribution < 1.29 is 26.7 Å². The highest BCUT2D eigenvalue weighted by Crippen LogP contribution is 2.40. The van der Waals surface area contributed by atoms with E-state index in [0.29, 0.717) is 5.92 Å². The van der Waals surface area contributed by atoms with Gasteiger partial charge < -0.3 is 4.74 Å².